The molecule has 3 heteroatoms. The molecule has 2 rings (SSSR count). The third-order valence-electron chi connectivity index (χ3n) is 3.44. The lowest BCUT2D eigenvalue weighted by atomic mass is 10.1. The van der Waals surface area contributed by atoms with E-state index in [0.29, 0.717) is 0 Å². The summed E-state index contributed by atoms with van der Waals surface area (Å²) in [5.41, 5.74) is 1.38. The smallest absolute Gasteiger partial charge is 0.119 e. The molecule has 1 aromatic rings. The van der Waals surface area contributed by atoms with E-state index in [4.69, 9.17) is 4.74 Å². The van der Waals surface area contributed by atoms with Crippen molar-refractivity contribution in [3.8, 4) is 5.75 Å². The summed E-state index contributed by atoms with van der Waals surface area (Å²) < 4.78 is 6.60. The summed E-state index contributed by atoms with van der Waals surface area (Å²) in [5.74, 6) is 0.960. The molecular formula is C14H20INO. The highest BCUT2D eigenvalue weighted by atomic mass is 127. The van der Waals surface area contributed by atoms with E-state index >= 15 is 0 Å². The van der Waals surface area contributed by atoms with E-state index < -0.39 is 0 Å². The molecule has 0 unspecified atom stereocenters. The van der Waals surface area contributed by atoms with Crippen LogP contribution in [0.2, 0.25) is 0 Å². The summed E-state index contributed by atoms with van der Waals surface area (Å²) in [4.78, 5) is 0. The summed E-state index contributed by atoms with van der Waals surface area (Å²) in [7, 11) is 1.72. The lowest BCUT2D eigenvalue weighted by Crippen LogP contribution is -2.28. The molecule has 0 aliphatic heterocycles. The van der Waals surface area contributed by atoms with Gasteiger partial charge in [-0.3, -0.25) is 0 Å². The molecule has 1 saturated carbocycles. The van der Waals surface area contributed by atoms with E-state index in [0.717, 1.165) is 24.8 Å². The lowest BCUT2D eigenvalue weighted by Gasteiger charge is -2.12. The highest BCUT2D eigenvalue weighted by Gasteiger charge is 2.13. The van der Waals surface area contributed by atoms with Gasteiger partial charge in [-0.05, 0) is 72.2 Å². The minimum Gasteiger partial charge on any atom is -0.497 e. The molecule has 1 fully saturated rings. The van der Waals surface area contributed by atoms with Crippen molar-refractivity contribution in [3.63, 3.8) is 0 Å². The van der Waals surface area contributed by atoms with Crippen LogP contribution in [-0.4, -0.2) is 19.7 Å². The van der Waals surface area contributed by atoms with Crippen LogP contribution in [0.15, 0.2) is 18.2 Å². The molecule has 0 aromatic heterocycles. The fourth-order valence-corrected chi connectivity index (χ4v) is 3.02. The van der Waals surface area contributed by atoms with Gasteiger partial charge in [-0.15, -0.1) is 0 Å². The first-order chi connectivity index (χ1) is 8.29. The Morgan fingerprint density at radius 1 is 1.35 bits per heavy atom. The van der Waals surface area contributed by atoms with Crippen LogP contribution in [0.4, 0.5) is 0 Å². The maximum atomic E-state index is 5.27. The number of rotatable bonds is 5. The largest absolute Gasteiger partial charge is 0.497 e. The second-order valence-corrected chi connectivity index (χ2v) is 5.81. The summed E-state index contributed by atoms with van der Waals surface area (Å²) in [5, 5.41) is 3.65. The predicted octanol–water partition coefficient (Wildman–Crippen LogP) is 3.37. The van der Waals surface area contributed by atoms with Gasteiger partial charge >= 0.3 is 0 Å². The second kappa shape index (κ2) is 6.59. The molecule has 2 nitrogen and oxygen atoms in total. The van der Waals surface area contributed by atoms with Crippen LogP contribution in [0, 0.1) is 3.57 Å². The van der Waals surface area contributed by atoms with Crippen molar-refractivity contribution in [2.45, 2.75) is 38.1 Å². The maximum Gasteiger partial charge on any atom is 0.119 e. The first-order valence-electron chi connectivity index (χ1n) is 6.35. The Balaban J connectivity index is 1.84. The van der Waals surface area contributed by atoms with Crippen molar-refractivity contribution in [3.05, 3.63) is 27.3 Å². The minimum absolute atomic E-state index is 0.762. The average molecular weight is 345 g/mol. The van der Waals surface area contributed by atoms with Gasteiger partial charge in [0.05, 0.1) is 7.11 Å². The van der Waals surface area contributed by atoms with Crippen molar-refractivity contribution in [1.29, 1.82) is 0 Å². The monoisotopic (exact) mass is 345 g/mol. The average Bonchev–Trinajstić information content (AvgIpc) is 2.84. The number of hydrogen-bond donors (Lipinski definition) is 1. The highest BCUT2D eigenvalue weighted by Crippen LogP contribution is 2.20. The Hall–Kier alpha value is -0.290. The molecule has 17 heavy (non-hydrogen) atoms. The molecule has 0 saturated heterocycles. The van der Waals surface area contributed by atoms with Crippen LogP contribution in [0.25, 0.3) is 0 Å². The van der Waals surface area contributed by atoms with Crippen LogP contribution < -0.4 is 10.1 Å². The van der Waals surface area contributed by atoms with Gasteiger partial charge in [-0.1, -0.05) is 12.8 Å². The zero-order chi connectivity index (χ0) is 12.1. The van der Waals surface area contributed by atoms with Gasteiger partial charge < -0.3 is 10.1 Å². The summed E-state index contributed by atoms with van der Waals surface area (Å²) >= 11 is 2.40. The number of hydrogen-bond acceptors (Lipinski definition) is 2. The zero-order valence-corrected chi connectivity index (χ0v) is 12.5. The zero-order valence-electron chi connectivity index (χ0n) is 10.3. The van der Waals surface area contributed by atoms with E-state index in [9.17, 15) is 0 Å². The van der Waals surface area contributed by atoms with Crippen LogP contribution in [-0.2, 0) is 6.42 Å². The van der Waals surface area contributed by atoms with Crippen LogP contribution >= 0.6 is 22.6 Å². The third-order valence-corrected chi connectivity index (χ3v) is 4.49. The Bertz CT molecular complexity index is 361. The standard InChI is InChI=1S/C14H20INO/c1-17-13-6-7-14(15)11(10-13)8-9-16-12-4-2-3-5-12/h6-7,10,12,16H,2-5,8-9H2,1H3. The van der Waals surface area contributed by atoms with Gasteiger partial charge in [0.15, 0.2) is 0 Å². The van der Waals surface area contributed by atoms with E-state index in [1.807, 2.05) is 6.07 Å². The van der Waals surface area contributed by atoms with Gasteiger partial charge in [-0.25, -0.2) is 0 Å². The Morgan fingerprint density at radius 3 is 2.82 bits per heavy atom. The van der Waals surface area contributed by atoms with E-state index in [2.05, 4.69) is 40.0 Å². The number of nitrogens with one attached hydrogen (secondary N) is 1. The minimum atomic E-state index is 0.762. The first kappa shape index (κ1) is 13.1. The normalized spacial score (nSPS) is 16.4. The van der Waals surface area contributed by atoms with Crippen LogP contribution in [0.5, 0.6) is 5.75 Å². The molecular weight excluding hydrogens is 325 g/mol. The molecule has 0 heterocycles. The van der Waals surface area contributed by atoms with E-state index in [1.54, 1.807) is 7.11 Å². The van der Waals surface area contributed by atoms with Gasteiger partial charge in [0.1, 0.15) is 5.75 Å². The molecule has 1 aromatic carbocycles. The Kier molecular flexibility index (Phi) is 5.10. The number of halogens is 1. The summed E-state index contributed by atoms with van der Waals surface area (Å²) in [6, 6.07) is 7.07. The summed E-state index contributed by atoms with van der Waals surface area (Å²) in [6.07, 6.45) is 6.60. The molecule has 1 aliphatic rings. The van der Waals surface area contributed by atoms with Crippen molar-refractivity contribution in [2.75, 3.05) is 13.7 Å². The van der Waals surface area contributed by atoms with Gasteiger partial charge in [0.2, 0.25) is 0 Å². The van der Waals surface area contributed by atoms with Crippen molar-refractivity contribution in [1.82, 2.24) is 5.32 Å². The van der Waals surface area contributed by atoms with Crippen LogP contribution in [0.3, 0.4) is 0 Å². The van der Waals surface area contributed by atoms with Crippen LogP contribution in [0.1, 0.15) is 31.2 Å². The van der Waals surface area contributed by atoms with Gasteiger partial charge in [0.25, 0.3) is 0 Å². The van der Waals surface area contributed by atoms with Crippen molar-refractivity contribution >= 4 is 22.6 Å². The topological polar surface area (TPSA) is 21.3 Å². The number of benzene rings is 1. The molecule has 0 amide bonds. The Morgan fingerprint density at radius 2 is 2.12 bits per heavy atom. The molecule has 0 radical (unpaired) electrons. The third kappa shape index (κ3) is 3.85. The fourth-order valence-electron chi connectivity index (χ4n) is 2.41. The number of methoxy groups -OCH3 is 1. The van der Waals surface area contributed by atoms with Crippen molar-refractivity contribution < 1.29 is 4.74 Å². The maximum absolute atomic E-state index is 5.27. The van der Waals surface area contributed by atoms with Gasteiger partial charge in [0, 0.05) is 9.61 Å². The Labute approximate surface area is 117 Å². The predicted molar refractivity (Wildman–Crippen MR) is 79.7 cm³/mol. The molecule has 0 spiro atoms. The second-order valence-electron chi connectivity index (χ2n) is 4.64. The first-order valence-corrected chi connectivity index (χ1v) is 7.43. The lowest BCUT2D eigenvalue weighted by molar-refractivity contribution is 0.414. The molecule has 1 N–H and O–H groups in total. The number of ether oxygens (including phenoxy) is 1. The van der Waals surface area contributed by atoms with E-state index in [-0.39, 0.29) is 0 Å². The SMILES string of the molecule is COc1ccc(I)c(CCNC2CCCC2)c1. The van der Waals surface area contributed by atoms with Crippen molar-refractivity contribution in [2.24, 2.45) is 0 Å². The molecule has 1 aliphatic carbocycles. The molecule has 0 atom stereocenters. The molecule has 94 valence electrons. The highest BCUT2D eigenvalue weighted by molar-refractivity contribution is 14.1. The summed E-state index contributed by atoms with van der Waals surface area (Å²) in [6.45, 7) is 1.08. The fraction of sp³-hybridized carbons (Fsp3) is 0.571. The quantitative estimate of drug-likeness (QED) is 0.827. The van der Waals surface area contributed by atoms with E-state index in [1.165, 1.54) is 34.8 Å². The molecule has 0 bridgehead atoms. The van der Waals surface area contributed by atoms with Gasteiger partial charge in [-0.2, -0.15) is 0 Å².